The molecule has 1 heterocycles. The molecule has 3 aliphatic rings. The zero-order valence-electron chi connectivity index (χ0n) is 14.9. The van der Waals surface area contributed by atoms with Gasteiger partial charge in [-0.2, -0.15) is 0 Å². The number of nitrogens with one attached hydrogen (secondary N) is 2. The van der Waals surface area contributed by atoms with Crippen molar-refractivity contribution in [3.8, 4) is 0 Å². The lowest BCUT2D eigenvalue weighted by Gasteiger charge is -2.44. The Hall–Kier alpha value is -0.120. The molecule has 0 amide bonds. The molecular formula is C19H37N3. The average molecular weight is 308 g/mol. The Morgan fingerprint density at radius 1 is 0.955 bits per heavy atom. The van der Waals surface area contributed by atoms with Crippen LogP contribution in [0.25, 0.3) is 0 Å². The third-order valence-electron chi connectivity index (χ3n) is 6.86. The lowest BCUT2D eigenvalue weighted by Crippen LogP contribution is -2.56. The number of rotatable bonds is 5. The van der Waals surface area contributed by atoms with E-state index in [9.17, 15) is 0 Å². The molecule has 2 aliphatic carbocycles. The molecule has 0 bridgehead atoms. The highest BCUT2D eigenvalue weighted by Crippen LogP contribution is 2.35. The molecule has 0 spiro atoms. The number of likely N-dealkylation sites (N-methyl/N-ethyl adjacent to an activating group) is 1. The van der Waals surface area contributed by atoms with Crippen LogP contribution in [-0.2, 0) is 0 Å². The van der Waals surface area contributed by atoms with Gasteiger partial charge in [-0.1, -0.05) is 32.1 Å². The molecule has 3 unspecified atom stereocenters. The van der Waals surface area contributed by atoms with Crippen LogP contribution in [0.3, 0.4) is 0 Å². The second-order valence-electron chi connectivity index (χ2n) is 8.32. The van der Waals surface area contributed by atoms with Crippen LogP contribution in [0.4, 0.5) is 0 Å². The number of piperidine rings is 1. The largest absolute Gasteiger partial charge is 0.314 e. The van der Waals surface area contributed by atoms with E-state index in [4.69, 9.17) is 0 Å². The quantitative estimate of drug-likeness (QED) is 0.817. The van der Waals surface area contributed by atoms with Gasteiger partial charge in [0.2, 0.25) is 0 Å². The number of hydrogen-bond acceptors (Lipinski definition) is 3. The van der Waals surface area contributed by atoms with Crippen molar-refractivity contribution < 1.29 is 0 Å². The standard InChI is InChI=1S/C19H37N3/c1-22(2)19(12-5-3-6-13-19)15-21-18-11-8-9-16(18)17-10-4-7-14-20-17/h16-18,20-21H,3-15H2,1-2H3. The van der Waals surface area contributed by atoms with E-state index in [1.54, 1.807) is 0 Å². The van der Waals surface area contributed by atoms with Crippen LogP contribution in [0.15, 0.2) is 0 Å². The van der Waals surface area contributed by atoms with Gasteiger partial charge in [0.1, 0.15) is 0 Å². The summed E-state index contributed by atoms with van der Waals surface area (Å²) in [6.45, 7) is 2.45. The fourth-order valence-corrected chi connectivity index (χ4v) is 5.28. The Labute approximate surface area is 137 Å². The molecule has 3 atom stereocenters. The summed E-state index contributed by atoms with van der Waals surface area (Å²) in [5.74, 6) is 0.878. The zero-order chi connectivity index (χ0) is 15.4. The van der Waals surface area contributed by atoms with Gasteiger partial charge in [-0.05, 0) is 65.1 Å². The summed E-state index contributed by atoms with van der Waals surface area (Å²) in [4.78, 5) is 2.52. The molecular weight excluding hydrogens is 270 g/mol. The Kier molecular flexibility index (Phi) is 5.80. The molecule has 0 aromatic carbocycles. The van der Waals surface area contributed by atoms with Crippen LogP contribution in [-0.4, -0.2) is 49.7 Å². The summed E-state index contributed by atoms with van der Waals surface area (Å²) in [6.07, 6.45) is 15.5. The number of nitrogens with zero attached hydrogens (tertiary/aromatic N) is 1. The average Bonchev–Trinajstić information content (AvgIpc) is 3.03. The van der Waals surface area contributed by atoms with Gasteiger partial charge < -0.3 is 15.5 Å². The second kappa shape index (κ2) is 7.63. The van der Waals surface area contributed by atoms with E-state index in [0.717, 1.165) is 18.0 Å². The molecule has 0 aromatic heterocycles. The Bertz CT molecular complexity index is 330. The zero-order valence-corrected chi connectivity index (χ0v) is 14.9. The first-order valence-electron chi connectivity index (χ1n) is 9.85. The molecule has 1 aliphatic heterocycles. The first kappa shape index (κ1) is 16.7. The van der Waals surface area contributed by atoms with Crippen molar-refractivity contribution in [1.29, 1.82) is 0 Å². The van der Waals surface area contributed by atoms with Crippen LogP contribution in [0.2, 0.25) is 0 Å². The van der Waals surface area contributed by atoms with Crippen LogP contribution < -0.4 is 10.6 Å². The summed E-state index contributed by atoms with van der Waals surface area (Å²) < 4.78 is 0. The van der Waals surface area contributed by atoms with Crippen LogP contribution in [0.1, 0.15) is 70.6 Å². The Morgan fingerprint density at radius 3 is 2.45 bits per heavy atom. The van der Waals surface area contributed by atoms with Crippen LogP contribution in [0.5, 0.6) is 0 Å². The summed E-state index contributed by atoms with van der Waals surface area (Å²) in [5, 5.41) is 7.85. The van der Waals surface area contributed by atoms with E-state index >= 15 is 0 Å². The van der Waals surface area contributed by atoms with Crippen molar-refractivity contribution in [2.75, 3.05) is 27.2 Å². The maximum atomic E-state index is 4.04. The smallest absolute Gasteiger partial charge is 0.0327 e. The lowest BCUT2D eigenvalue weighted by molar-refractivity contribution is 0.0912. The minimum Gasteiger partial charge on any atom is -0.314 e. The minimum atomic E-state index is 0.422. The van der Waals surface area contributed by atoms with Gasteiger partial charge in [0.15, 0.2) is 0 Å². The van der Waals surface area contributed by atoms with Gasteiger partial charge in [0.05, 0.1) is 0 Å². The minimum absolute atomic E-state index is 0.422. The first-order valence-corrected chi connectivity index (χ1v) is 9.85. The molecule has 2 saturated carbocycles. The first-order chi connectivity index (χ1) is 10.7. The molecule has 3 nitrogen and oxygen atoms in total. The van der Waals surface area contributed by atoms with E-state index in [1.165, 1.54) is 83.7 Å². The predicted molar refractivity (Wildman–Crippen MR) is 94.3 cm³/mol. The van der Waals surface area contributed by atoms with E-state index in [2.05, 4.69) is 29.6 Å². The normalized spacial score (nSPS) is 35.9. The van der Waals surface area contributed by atoms with E-state index in [0.29, 0.717) is 5.54 Å². The predicted octanol–water partition coefficient (Wildman–Crippen LogP) is 3.15. The molecule has 3 rings (SSSR count). The van der Waals surface area contributed by atoms with Crippen molar-refractivity contribution in [1.82, 2.24) is 15.5 Å². The fourth-order valence-electron chi connectivity index (χ4n) is 5.28. The SMILES string of the molecule is CN(C)C1(CNC2CCCC2C2CCCCN2)CCCCC1. The summed E-state index contributed by atoms with van der Waals surface area (Å²) >= 11 is 0. The van der Waals surface area contributed by atoms with Gasteiger partial charge in [-0.3, -0.25) is 0 Å². The number of hydrogen-bond donors (Lipinski definition) is 2. The highest BCUT2D eigenvalue weighted by atomic mass is 15.2. The summed E-state index contributed by atoms with van der Waals surface area (Å²) in [7, 11) is 4.59. The molecule has 3 fully saturated rings. The third-order valence-corrected chi connectivity index (χ3v) is 6.86. The van der Waals surface area contributed by atoms with Crippen LogP contribution in [0, 0.1) is 5.92 Å². The van der Waals surface area contributed by atoms with E-state index in [1.807, 2.05) is 0 Å². The van der Waals surface area contributed by atoms with Crippen molar-refractivity contribution in [3.63, 3.8) is 0 Å². The Balaban J connectivity index is 1.56. The van der Waals surface area contributed by atoms with Crippen molar-refractivity contribution >= 4 is 0 Å². The monoisotopic (exact) mass is 307 g/mol. The molecule has 2 N–H and O–H groups in total. The van der Waals surface area contributed by atoms with Gasteiger partial charge in [0, 0.05) is 24.2 Å². The molecule has 0 aromatic rings. The lowest BCUT2D eigenvalue weighted by atomic mass is 9.80. The second-order valence-corrected chi connectivity index (χ2v) is 8.32. The van der Waals surface area contributed by atoms with Gasteiger partial charge in [0.25, 0.3) is 0 Å². The molecule has 3 heteroatoms. The molecule has 1 saturated heterocycles. The third kappa shape index (κ3) is 3.68. The van der Waals surface area contributed by atoms with E-state index < -0.39 is 0 Å². The highest BCUT2D eigenvalue weighted by molar-refractivity contribution is 4.97. The summed E-state index contributed by atoms with van der Waals surface area (Å²) in [6, 6.07) is 1.55. The van der Waals surface area contributed by atoms with Crippen molar-refractivity contribution in [2.24, 2.45) is 5.92 Å². The highest BCUT2D eigenvalue weighted by Gasteiger charge is 2.38. The Morgan fingerprint density at radius 2 is 1.77 bits per heavy atom. The maximum Gasteiger partial charge on any atom is 0.0327 e. The van der Waals surface area contributed by atoms with Gasteiger partial charge >= 0.3 is 0 Å². The maximum absolute atomic E-state index is 4.04. The van der Waals surface area contributed by atoms with Gasteiger partial charge in [-0.25, -0.2) is 0 Å². The van der Waals surface area contributed by atoms with Gasteiger partial charge in [-0.15, -0.1) is 0 Å². The van der Waals surface area contributed by atoms with E-state index in [-0.39, 0.29) is 0 Å². The van der Waals surface area contributed by atoms with Crippen molar-refractivity contribution in [3.05, 3.63) is 0 Å². The summed E-state index contributed by atoms with van der Waals surface area (Å²) in [5.41, 5.74) is 0.422. The molecule has 128 valence electrons. The topological polar surface area (TPSA) is 27.3 Å². The van der Waals surface area contributed by atoms with Crippen LogP contribution >= 0.6 is 0 Å². The molecule has 22 heavy (non-hydrogen) atoms. The molecule has 0 radical (unpaired) electrons. The fraction of sp³-hybridized carbons (Fsp3) is 1.00. The van der Waals surface area contributed by atoms with Crippen molar-refractivity contribution in [2.45, 2.75) is 88.3 Å².